The molecule has 0 aliphatic carbocycles. The molecule has 0 aliphatic rings. The number of aromatic nitrogens is 2. The normalized spacial score (nSPS) is 10.7. The second-order valence-corrected chi connectivity index (χ2v) is 6.32. The lowest BCUT2D eigenvalue weighted by Gasteiger charge is -2.12. The van der Waals surface area contributed by atoms with E-state index in [1.54, 1.807) is 0 Å². The number of hydrogen-bond donors (Lipinski definition) is 0. The van der Waals surface area contributed by atoms with Crippen molar-refractivity contribution in [1.82, 2.24) is 9.97 Å². The van der Waals surface area contributed by atoms with Crippen molar-refractivity contribution in [2.24, 2.45) is 0 Å². The molecule has 0 aliphatic heterocycles. The topological polar surface area (TPSA) is 25.8 Å². The van der Waals surface area contributed by atoms with Gasteiger partial charge in [-0.2, -0.15) is 0 Å². The third-order valence-electron chi connectivity index (χ3n) is 4.70. The van der Waals surface area contributed by atoms with Crippen molar-refractivity contribution in [3.63, 3.8) is 0 Å². The Kier molecular flexibility index (Phi) is 4.53. The number of pyridine rings is 2. The lowest BCUT2D eigenvalue weighted by molar-refractivity contribution is 1.38. The number of rotatable bonds is 2. The van der Waals surface area contributed by atoms with Crippen LogP contribution in [0.3, 0.4) is 0 Å². The Morgan fingerprint density at radius 2 is 1.33 bits per heavy atom. The third kappa shape index (κ3) is 3.02. The zero-order valence-corrected chi connectivity index (χ0v) is 15.6. The van der Waals surface area contributed by atoms with Crippen molar-refractivity contribution in [3.05, 3.63) is 97.2 Å². The maximum absolute atomic E-state index is 5.11. The molecule has 5 rings (SSSR count). The summed E-state index contributed by atoms with van der Waals surface area (Å²) in [5.41, 5.74) is 6.41. The lowest BCUT2D eigenvalue weighted by atomic mass is 9.96. The Morgan fingerprint density at radius 1 is 0.630 bits per heavy atom. The van der Waals surface area contributed by atoms with E-state index in [0.29, 0.717) is 0 Å². The van der Waals surface area contributed by atoms with E-state index < -0.39 is 0 Å². The quantitative estimate of drug-likeness (QED) is 0.296. The first-order valence-corrected chi connectivity index (χ1v) is 8.69. The summed E-state index contributed by atoms with van der Waals surface area (Å²) in [5, 5.41) is 2.21. The van der Waals surface area contributed by atoms with Gasteiger partial charge in [0.15, 0.2) is 0 Å². The van der Waals surface area contributed by atoms with Crippen LogP contribution >= 0.6 is 0 Å². The number of nitrogens with zero attached hydrogens (tertiary/aromatic N) is 2. The molecule has 3 heteroatoms. The van der Waals surface area contributed by atoms with Crippen LogP contribution in [-0.2, 0) is 0 Å². The third-order valence-corrected chi connectivity index (χ3v) is 4.70. The highest BCUT2D eigenvalue weighted by Crippen LogP contribution is 2.35. The molecular formula is C24H16N2Si. The van der Waals surface area contributed by atoms with Crippen LogP contribution in [0.25, 0.3) is 44.2 Å². The minimum absolute atomic E-state index is 0. The maximum Gasteiger partial charge on any atom is 0.0804 e. The largest absolute Gasteiger partial charge is 0.256 e. The predicted octanol–water partition coefficient (Wildman–Crippen LogP) is 5.74. The Hall–Kier alpha value is -3.30. The lowest BCUT2D eigenvalue weighted by Crippen LogP contribution is -1.92. The van der Waals surface area contributed by atoms with Gasteiger partial charge in [-0.3, -0.25) is 4.98 Å². The Morgan fingerprint density at radius 3 is 2.07 bits per heavy atom. The van der Waals surface area contributed by atoms with Crippen LogP contribution in [0.1, 0.15) is 0 Å². The van der Waals surface area contributed by atoms with Gasteiger partial charge < -0.3 is 0 Å². The summed E-state index contributed by atoms with van der Waals surface area (Å²) in [6.07, 6.45) is 1.82. The number of hydrogen-bond acceptors (Lipinski definition) is 2. The van der Waals surface area contributed by atoms with E-state index in [2.05, 4.69) is 77.8 Å². The molecule has 5 aromatic rings. The van der Waals surface area contributed by atoms with Gasteiger partial charge in [0, 0.05) is 39.1 Å². The summed E-state index contributed by atoms with van der Waals surface area (Å²) in [5.74, 6) is 0. The molecule has 2 heterocycles. The first-order valence-electron chi connectivity index (χ1n) is 8.69. The average Bonchev–Trinajstić information content (AvgIpc) is 2.74. The van der Waals surface area contributed by atoms with Gasteiger partial charge in [0.2, 0.25) is 0 Å². The van der Waals surface area contributed by atoms with Crippen molar-refractivity contribution in [1.29, 1.82) is 0 Å². The van der Waals surface area contributed by atoms with E-state index >= 15 is 0 Å². The van der Waals surface area contributed by atoms with E-state index in [0.717, 1.165) is 38.6 Å². The molecule has 0 amide bonds. The van der Waals surface area contributed by atoms with Crippen LogP contribution in [0.4, 0.5) is 0 Å². The number of fused-ring (bicyclic) bond motifs is 3. The zero-order valence-electron chi connectivity index (χ0n) is 14.6. The first-order chi connectivity index (χ1) is 12.9. The molecule has 0 atom stereocenters. The highest BCUT2D eigenvalue weighted by molar-refractivity contribution is 6.06. The predicted molar refractivity (Wildman–Crippen MR) is 114 cm³/mol. The molecule has 0 unspecified atom stereocenters. The van der Waals surface area contributed by atoms with E-state index in [1.807, 2.05) is 24.4 Å². The van der Waals surface area contributed by atoms with Crippen molar-refractivity contribution in [2.45, 2.75) is 0 Å². The van der Waals surface area contributed by atoms with Gasteiger partial charge in [-0.05, 0) is 29.8 Å². The fourth-order valence-electron chi connectivity index (χ4n) is 3.44. The highest BCUT2D eigenvalue weighted by atomic mass is 28.1. The molecule has 4 radical (unpaired) electrons. The van der Waals surface area contributed by atoms with Crippen molar-refractivity contribution >= 4 is 32.8 Å². The standard InChI is InChI=1S/C24H16N2.Si/c1-3-8-17(9-4-1)21-16-19-13-14-22-20(12-7-15-25-22)24(19)26-23(21)18-10-5-2-6-11-18;/h1-16H;. The molecular weight excluding hydrogens is 344 g/mol. The van der Waals surface area contributed by atoms with Crippen LogP contribution < -0.4 is 0 Å². The van der Waals surface area contributed by atoms with Crippen molar-refractivity contribution < 1.29 is 0 Å². The van der Waals surface area contributed by atoms with Gasteiger partial charge in [0.1, 0.15) is 0 Å². The minimum Gasteiger partial charge on any atom is -0.256 e. The molecule has 2 aromatic heterocycles. The maximum atomic E-state index is 5.11. The Balaban J connectivity index is 0.00000180. The average molecular weight is 360 g/mol. The zero-order chi connectivity index (χ0) is 17.3. The summed E-state index contributed by atoms with van der Waals surface area (Å²) in [7, 11) is 0. The SMILES string of the molecule is [Si].c1ccc(-c2cc3ccc4ncccc4c3nc2-c2ccccc2)cc1. The molecule has 0 fully saturated rings. The summed E-state index contributed by atoms with van der Waals surface area (Å²) < 4.78 is 0. The van der Waals surface area contributed by atoms with Gasteiger partial charge >= 0.3 is 0 Å². The molecule has 2 nitrogen and oxygen atoms in total. The van der Waals surface area contributed by atoms with Gasteiger partial charge in [-0.1, -0.05) is 66.7 Å². The first kappa shape index (κ1) is 17.1. The van der Waals surface area contributed by atoms with E-state index in [-0.39, 0.29) is 11.0 Å². The van der Waals surface area contributed by atoms with Crippen LogP contribution in [0, 0.1) is 0 Å². The second kappa shape index (κ2) is 7.14. The molecule has 27 heavy (non-hydrogen) atoms. The van der Waals surface area contributed by atoms with Crippen LogP contribution in [0.5, 0.6) is 0 Å². The van der Waals surface area contributed by atoms with Gasteiger partial charge in [0.05, 0.1) is 16.7 Å². The van der Waals surface area contributed by atoms with Crippen LogP contribution in [0.15, 0.2) is 97.2 Å². The van der Waals surface area contributed by atoms with Gasteiger partial charge in [0.25, 0.3) is 0 Å². The molecule has 3 aromatic carbocycles. The monoisotopic (exact) mass is 360 g/mol. The van der Waals surface area contributed by atoms with Gasteiger partial charge in [-0.25, -0.2) is 4.98 Å². The molecule has 0 saturated carbocycles. The van der Waals surface area contributed by atoms with Crippen LogP contribution in [-0.4, -0.2) is 20.9 Å². The van der Waals surface area contributed by atoms with E-state index in [9.17, 15) is 0 Å². The summed E-state index contributed by atoms with van der Waals surface area (Å²) in [6, 6.07) is 31.3. The minimum atomic E-state index is 0. The molecule has 0 bridgehead atoms. The smallest absolute Gasteiger partial charge is 0.0804 e. The fourth-order valence-corrected chi connectivity index (χ4v) is 3.44. The number of benzene rings is 3. The van der Waals surface area contributed by atoms with E-state index in [4.69, 9.17) is 4.98 Å². The van der Waals surface area contributed by atoms with Crippen molar-refractivity contribution in [2.75, 3.05) is 0 Å². The Bertz CT molecular complexity index is 1220. The molecule has 126 valence electrons. The summed E-state index contributed by atoms with van der Waals surface area (Å²) >= 11 is 0. The molecule has 0 saturated heterocycles. The Labute approximate surface area is 162 Å². The van der Waals surface area contributed by atoms with E-state index in [1.165, 1.54) is 5.56 Å². The van der Waals surface area contributed by atoms with Crippen molar-refractivity contribution in [3.8, 4) is 22.4 Å². The fraction of sp³-hybridized carbons (Fsp3) is 0. The second-order valence-electron chi connectivity index (χ2n) is 6.32. The van der Waals surface area contributed by atoms with Gasteiger partial charge in [-0.15, -0.1) is 0 Å². The summed E-state index contributed by atoms with van der Waals surface area (Å²) in [4.78, 5) is 9.58. The highest BCUT2D eigenvalue weighted by Gasteiger charge is 2.12. The van der Waals surface area contributed by atoms with Crippen LogP contribution in [0.2, 0.25) is 0 Å². The molecule has 0 N–H and O–H groups in total. The summed E-state index contributed by atoms with van der Waals surface area (Å²) in [6.45, 7) is 0. The molecule has 0 spiro atoms.